The van der Waals surface area contributed by atoms with Crippen LogP contribution in [-0.2, 0) is 19.7 Å². The summed E-state index contributed by atoms with van der Waals surface area (Å²) in [5.41, 5.74) is -0.0163. The third-order valence-corrected chi connectivity index (χ3v) is 8.02. The van der Waals surface area contributed by atoms with Gasteiger partial charge in [0.1, 0.15) is 5.82 Å². The van der Waals surface area contributed by atoms with E-state index in [1.807, 2.05) is 0 Å². The number of nitrogens with one attached hydrogen (secondary N) is 1. The third kappa shape index (κ3) is 3.47. The summed E-state index contributed by atoms with van der Waals surface area (Å²) in [6.07, 6.45) is 10.5. The van der Waals surface area contributed by atoms with Crippen molar-refractivity contribution in [3.05, 3.63) is 35.6 Å². The zero-order valence-electron chi connectivity index (χ0n) is 16.9. The van der Waals surface area contributed by atoms with Gasteiger partial charge in [0.25, 0.3) is 5.91 Å². The van der Waals surface area contributed by atoms with E-state index in [0.717, 1.165) is 55.4 Å². The van der Waals surface area contributed by atoms with Crippen molar-refractivity contribution in [2.45, 2.75) is 75.2 Å². The molecule has 1 aromatic carbocycles. The SMILES string of the molecule is O=C(COC(=O)C1(c2ccc(F)cc2)CCCC1)NC12CC3CC(CC(C3)C1)C2. The highest BCUT2D eigenvalue weighted by Crippen LogP contribution is 2.55. The summed E-state index contributed by atoms with van der Waals surface area (Å²) >= 11 is 0. The lowest BCUT2D eigenvalue weighted by molar-refractivity contribution is -0.155. The maximum absolute atomic E-state index is 13.3. The van der Waals surface area contributed by atoms with Crippen LogP contribution in [0.1, 0.15) is 69.8 Å². The molecule has 6 rings (SSSR count). The van der Waals surface area contributed by atoms with Crippen LogP contribution in [0.3, 0.4) is 0 Å². The van der Waals surface area contributed by atoms with Crippen molar-refractivity contribution in [3.8, 4) is 0 Å². The van der Waals surface area contributed by atoms with Gasteiger partial charge in [-0.2, -0.15) is 0 Å². The van der Waals surface area contributed by atoms with Crippen LogP contribution in [0.4, 0.5) is 4.39 Å². The topological polar surface area (TPSA) is 55.4 Å². The minimum Gasteiger partial charge on any atom is -0.455 e. The number of carbonyl (C=O) groups excluding carboxylic acids is 2. The maximum Gasteiger partial charge on any atom is 0.317 e. The van der Waals surface area contributed by atoms with Gasteiger partial charge in [0.2, 0.25) is 0 Å². The standard InChI is InChI=1S/C24H30FNO3/c25-20-5-3-19(4-6-20)24(7-1-2-8-24)22(28)29-15-21(27)26-23-12-16-9-17(13-23)11-18(10-16)14-23/h3-6,16-18H,1-2,7-15H2,(H,26,27). The van der Waals surface area contributed by atoms with Crippen molar-refractivity contribution in [2.24, 2.45) is 17.8 Å². The predicted octanol–water partition coefficient (Wildman–Crippen LogP) is 4.27. The molecule has 0 unspecified atom stereocenters. The summed E-state index contributed by atoms with van der Waals surface area (Å²) in [6.45, 7) is -0.219. The second-order valence-electron chi connectivity index (χ2n) is 10.1. The van der Waals surface area contributed by atoms with Gasteiger partial charge in [-0.3, -0.25) is 9.59 Å². The van der Waals surface area contributed by atoms with Gasteiger partial charge in [0, 0.05) is 5.54 Å². The monoisotopic (exact) mass is 399 g/mol. The summed E-state index contributed by atoms with van der Waals surface area (Å²) in [7, 11) is 0. The van der Waals surface area contributed by atoms with Gasteiger partial charge in [0.05, 0.1) is 5.41 Å². The quantitative estimate of drug-likeness (QED) is 0.753. The lowest BCUT2D eigenvalue weighted by Gasteiger charge is -2.56. The second-order valence-corrected chi connectivity index (χ2v) is 10.1. The number of ether oxygens (including phenoxy) is 1. The molecule has 156 valence electrons. The number of benzene rings is 1. The first-order chi connectivity index (χ1) is 14.0. The molecule has 5 aliphatic rings. The molecule has 0 atom stereocenters. The highest BCUT2D eigenvalue weighted by Gasteiger charge is 2.51. The van der Waals surface area contributed by atoms with E-state index in [0.29, 0.717) is 12.8 Å². The first-order valence-electron chi connectivity index (χ1n) is 11.2. The van der Waals surface area contributed by atoms with E-state index in [-0.39, 0.29) is 29.8 Å². The molecule has 29 heavy (non-hydrogen) atoms. The Hall–Kier alpha value is -1.91. The van der Waals surface area contributed by atoms with Crippen LogP contribution in [0.25, 0.3) is 0 Å². The Morgan fingerprint density at radius 3 is 2.07 bits per heavy atom. The molecular formula is C24H30FNO3. The molecule has 1 aromatic rings. The first kappa shape index (κ1) is 19.1. The van der Waals surface area contributed by atoms with E-state index in [1.165, 1.54) is 31.4 Å². The zero-order valence-corrected chi connectivity index (χ0v) is 16.9. The lowest BCUT2D eigenvalue weighted by Crippen LogP contribution is -2.60. The van der Waals surface area contributed by atoms with Gasteiger partial charge in [-0.15, -0.1) is 0 Å². The molecule has 0 heterocycles. The molecule has 0 aromatic heterocycles. The molecule has 4 nitrogen and oxygen atoms in total. The highest BCUT2D eigenvalue weighted by molar-refractivity contribution is 5.87. The number of hydrogen-bond acceptors (Lipinski definition) is 3. The van der Waals surface area contributed by atoms with Crippen LogP contribution >= 0.6 is 0 Å². The minimum atomic E-state index is -0.741. The fourth-order valence-electron chi connectivity index (χ4n) is 7.22. The maximum atomic E-state index is 13.3. The van der Waals surface area contributed by atoms with Crippen LogP contribution in [0.5, 0.6) is 0 Å². The first-order valence-corrected chi connectivity index (χ1v) is 11.2. The van der Waals surface area contributed by atoms with Gasteiger partial charge in [-0.25, -0.2) is 4.39 Å². The Morgan fingerprint density at radius 2 is 1.52 bits per heavy atom. The second kappa shape index (κ2) is 7.10. The van der Waals surface area contributed by atoms with Crippen LogP contribution in [0.15, 0.2) is 24.3 Å². The minimum absolute atomic E-state index is 0.0692. The van der Waals surface area contributed by atoms with Gasteiger partial charge in [-0.05, 0) is 86.8 Å². The van der Waals surface area contributed by atoms with Gasteiger partial charge in [0.15, 0.2) is 6.61 Å². The predicted molar refractivity (Wildman–Crippen MR) is 107 cm³/mol. The number of esters is 1. The Morgan fingerprint density at radius 1 is 0.966 bits per heavy atom. The highest BCUT2D eigenvalue weighted by atomic mass is 19.1. The van der Waals surface area contributed by atoms with E-state index in [1.54, 1.807) is 12.1 Å². The van der Waals surface area contributed by atoms with Crippen molar-refractivity contribution in [1.82, 2.24) is 5.32 Å². The average Bonchev–Trinajstić information content (AvgIpc) is 3.16. The molecule has 0 aliphatic heterocycles. The Labute approximate surface area is 171 Å². The van der Waals surface area contributed by atoms with E-state index in [9.17, 15) is 14.0 Å². The Kier molecular flexibility index (Phi) is 4.67. The average molecular weight is 400 g/mol. The van der Waals surface area contributed by atoms with Crippen LogP contribution < -0.4 is 5.32 Å². The normalized spacial score (nSPS) is 34.2. The van der Waals surface area contributed by atoms with Crippen molar-refractivity contribution in [3.63, 3.8) is 0 Å². The van der Waals surface area contributed by atoms with Crippen LogP contribution in [0, 0.1) is 23.6 Å². The smallest absolute Gasteiger partial charge is 0.317 e. The number of rotatable bonds is 5. The van der Waals surface area contributed by atoms with E-state index < -0.39 is 5.41 Å². The molecule has 4 bridgehead atoms. The summed E-state index contributed by atoms with van der Waals surface area (Å²) in [5.74, 6) is 1.43. The van der Waals surface area contributed by atoms with Crippen LogP contribution in [0.2, 0.25) is 0 Å². The molecule has 0 spiro atoms. The third-order valence-electron chi connectivity index (χ3n) is 8.02. The summed E-state index contributed by atoms with van der Waals surface area (Å²) in [4.78, 5) is 25.7. The number of halogens is 1. The fourth-order valence-corrected chi connectivity index (χ4v) is 7.22. The number of carbonyl (C=O) groups is 2. The van der Waals surface area contributed by atoms with E-state index in [2.05, 4.69) is 5.32 Å². The number of amides is 1. The van der Waals surface area contributed by atoms with Gasteiger partial charge < -0.3 is 10.1 Å². The molecule has 5 aliphatic carbocycles. The van der Waals surface area contributed by atoms with Crippen molar-refractivity contribution >= 4 is 11.9 Å². The molecule has 1 N–H and O–H groups in total. The largest absolute Gasteiger partial charge is 0.455 e. The van der Waals surface area contributed by atoms with Crippen molar-refractivity contribution in [2.75, 3.05) is 6.61 Å². The van der Waals surface area contributed by atoms with Crippen molar-refractivity contribution in [1.29, 1.82) is 0 Å². The van der Waals surface area contributed by atoms with Gasteiger partial charge in [-0.1, -0.05) is 25.0 Å². The molecule has 5 saturated carbocycles. The molecular weight excluding hydrogens is 369 g/mol. The summed E-state index contributed by atoms with van der Waals surface area (Å²) < 4.78 is 18.9. The number of hydrogen-bond donors (Lipinski definition) is 1. The molecule has 5 heteroatoms. The van der Waals surface area contributed by atoms with Crippen molar-refractivity contribution < 1.29 is 18.7 Å². The zero-order chi connectivity index (χ0) is 20.1. The molecule has 1 amide bonds. The van der Waals surface area contributed by atoms with Crippen LogP contribution in [-0.4, -0.2) is 24.0 Å². The Bertz CT molecular complexity index is 762. The molecule has 0 saturated heterocycles. The van der Waals surface area contributed by atoms with E-state index in [4.69, 9.17) is 4.74 Å². The Balaban J connectivity index is 1.23. The van der Waals surface area contributed by atoms with Gasteiger partial charge >= 0.3 is 5.97 Å². The molecule has 5 fully saturated rings. The summed E-state index contributed by atoms with van der Waals surface area (Å²) in [6, 6.07) is 6.14. The summed E-state index contributed by atoms with van der Waals surface area (Å²) in [5, 5.41) is 3.26. The fraction of sp³-hybridized carbons (Fsp3) is 0.667. The van der Waals surface area contributed by atoms with E-state index >= 15 is 0 Å². The molecule has 0 radical (unpaired) electrons. The lowest BCUT2D eigenvalue weighted by atomic mass is 9.53.